The van der Waals surface area contributed by atoms with Crippen LogP contribution >= 0.6 is 11.3 Å². The van der Waals surface area contributed by atoms with Crippen LogP contribution in [0.4, 0.5) is 5.69 Å². The Labute approximate surface area is 128 Å². The van der Waals surface area contributed by atoms with Crippen LogP contribution in [0.25, 0.3) is 0 Å². The minimum atomic E-state index is -0.176. The predicted molar refractivity (Wildman–Crippen MR) is 86.8 cm³/mol. The zero-order valence-electron chi connectivity index (χ0n) is 12.1. The molecule has 0 unspecified atom stereocenters. The number of benzene rings is 1. The number of carbonyl (C=O) groups is 1. The Morgan fingerprint density at radius 3 is 2.57 bits per heavy atom. The van der Waals surface area contributed by atoms with Crippen LogP contribution in [-0.2, 0) is 6.42 Å². The third-order valence-electron chi connectivity index (χ3n) is 3.14. The van der Waals surface area contributed by atoms with Crippen molar-refractivity contribution in [1.29, 1.82) is 0 Å². The molecule has 108 valence electrons. The van der Waals surface area contributed by atoms with E-state index in [0.717, 1.165) is 17.0 Å². The molecule has 3 nitrogen and oxygen atoms in total. The standard InChI is InChI=1S/C17H17NO2S/c1-3-13-6-8-14(9-7-13)18(2)17(20)16-11-10-15(21-16)5-4-12-19/h6-11,19H,3,12H2,1-2H3. The highest BCUT2D eigenvalue weighted by molar-refractivity contribution is 7.14. The van der Waals surface area contributed by atoms with Gasteiger partial charge in [-0.2, -0.15) is 0 Å². The number of aryl methyl sites for hydroxylation is 1. The maximum absolute atomic E-state index is 12.4. The average molecular weight is 299 g/mol. The van der Waals surface area contributed by atoms with Gasteiger partial charge in [0, 0.05) is 12.7 Å². The normalized spacial score (nSPS) is 9.86. The van der Waals surface area contributed by atoms with Gasteiger partial charge in [0.2, 0.25) is 0 Å². The Kier molecular flexibility index (Phi) is 5.15. The molecule has 4 heteroatoms. The number of nitrogens with zero attached hydrogens (tertiary/aromatic N) is 1. The quantitative estimate of drug-likeness (QED) is 0.885. The van der Waals surface area contributed by atoms with Crippen molar-refractivity contribution in [3.8, 4) is 11.8 Å². The van der Waals surface area contributed by atoms with Crippen molar-refractivity contribution in [3.63, 3.8) is 0 Å². The summed E-state index contributed by atoms with van der Waals surface area (Å²) in [4.78, 5) is 15.5. The zero-order chi connectivity index (χ0) is 15.2. The van der Waals surface area contributed by atoms with E-state index in [9.17, 15) is 4.79 Å². The lowest BCUT2D eigenvalue weighted by Gasteiger charge is -2.16. The van der Waals surface area contributed by atoms with Gasteiger partial charge in [-0.05, 0) is 36.2 Å². The molecular weight excluding hydrogens is 282 g/mol. The number of rotatable bonds is 3. The number of hydrogen-bond donors (Lipinski definition) is 1. The lowest BCUT2D eigenvalue weighted by atomic mass is 10.1. The first kappa shape index (κ1) is 15.3. The Morgan fingerprint density at radius 1 is 1.24 bits per heavy atom. The van der Waals surface area contributed by atoms with E-state index in [-0.39, 0.29) is 12.5 Å². The SMILES string of the molecule is CCc1ccc(N(C)C(=O)c2ccc(C#CCO)s2)cc1. The predicted octanol–water partition coefficient (Wildman–Crippen LogP) is 2.93. The summed E-state index contributed by atoms with van der Waals surface area (Å²) in [7, 11) is 1.77. The number of carbonyl (C=O) groups excluding carboxylic acids is 1. The van der Waals surface area contributed by atoms with E-state index in [2.05, 4.69) is 18.8 Å². The molecule has 0 saturated carbocycles. The molecule has 1 N–H and O–H groups in total. The van der Waals surface area contributed by atoms with E-state index < -0.39 is 0 Å². The van der Waals surface area contributed by atoms with Gasteiger partial charge in [-0.1, -0.05) is 30.9 Å². The van der Waals surface area contributed by atoms with Gasteiger partial charge < -0.3 is 10.0 Å². The van der Waals surface area contributed by atoms with Gasteiger partial charge in [0.1, 0.15) is 6.61 Å². The molecular formula is C17H17NO2S. The summed E-state index contributed by atoms with van der Waals surface area (Å²) in [6.07, 6.45) is 0.982. The molecule has 0 aliphatic carbocycles. The molecule has 0 radical (unpaired) electrons. The number of aliphatic hydroxyl groups excluding tert-OH is 1. The van der Waals surface area contributed by atoms with E-state index >= 15 is 0 Å². The monoisotopic (exact) mass is 299 g/mol. The Balaban J connectivity index is 2.16. The smallest absolute Gasteiger partial charge is 0.268 e. The van der Waals surface area contributed by atoms with Crippen LogP contribution in [0.1, 0.15) is 27.0 Å². The van der Waals surface area contributed by atoms with Gasteiger partial charge in [0.25, 0.3) is 5.91 Å². The highest BCUT2D eigenvalue weighted by atomic mass is 32.1. The van der Waals surface area contributed by atoms with Crippen molar-refractivity contribution in [2.24, 2.45) is 0 Å². The molecule has 2 rings (SSSR count). The summed E-state index contributed by atoms with van der Waals surface area (Å²) in [5.41, 5.74) is 2.12. The van der Waals surface area contributed by atoms with Gasteiger partial charge >= 0.3 is 0 Å². The fraction of sp³-hybridized carbons (Fsp3) is 0.235. The lowest BCUT2D eigenvalue weighted by Crippen LogP contribution is -2.25. The fourth-order valence-corrected chi connectivity index (χ4v) is 2.74. The molecule has 0 spiro atoms. The van der Waals surface area contributed by atoms with Crippen LogP contribution in [0.5, 0.6) is 0 Å². The van der Waals surface area contributed by atoms with Gasteiger partial charge in [0.15, 0.2) is 0 Å². The van der Waals surface area contributed by atoms with Crippen molar-refractivity contribution < 1.29 is 9.90 Å². The number of thiophene rings is 1. The molecule has 0 bridgehead atoms. The molecule has 0 aliphatic rings. The van der Waals surface area contributed by atoms with E-state index in [1.54, 1.807) is 24.1 Å². The van der Waals surface area contributed by atoms with Crippen LogP contribution in [0.3, 0.4) is 0 Å². The molecule has 1 aromatic carbocycles. The zero-order valence-corrected chi connectivity index (χ0v) is 12.9. The first-order valence-corrected chi connectivity index (χ1v) is 7.54. The second-order valence-corrected chi connectivity index (χ2v) is 5.59. The van der Waals surface area contributed by atoms with Crippen LogP contribution in [0.15, 0.2) is 36.4 Å². The summed E-state index contributed by atoms with van der Waals surface area (Å²) in [5.74, 6) is 5.34. The number of amides is 1. The number of aliphatic hydroxyl groups is 1. The molecule has 0 saturated heterocycles. The summed E-state index contributed by atoms with van der Waals surface area (Å²) in [6.45, 7) is 1.93. The highest BCUT2D eigenvalue weighted by Crippen LogP contribution is 2.21. The first-order chi connectivity index (χ1) is 10.2. The summed E-state index contributed by atoms with van der Waals surface area (Å²) < 4.78 is 0. The van der Waals surface area contributed by atoms with Crippen molar-refractivity contribution in [2.75, 3.05) is 18.6 Å². The third-order valence-corrected chi connectivity index (χ3v) is 4.13. The first-order valence-electron chi connectivity index (χ1n) is 6.72. The maximum Gasteiger partial charge on any atom is 0.268 e. The minimum absolute atomic E-state index is 0.0544. The topological polar surface area (TPSA) is 40.5 Å². The molecule has 21 heavy (non-hydrogen) atoms. The van der Waals surface area contributed by atoms with Gasteiger partial charge in [-0.15, -0.1) is 11.3 Å². The summed E-state index contributed by atoms with van der Waals surface area (Å²) in [5, 5.41) is 8.68. The van der Waals surface area contributed by atoms with E-state index in [4.69, 9.17) is 5.11 Å². The minimum Gasteiger partial charge on any atom is -0.384 e. The molecule has 1 amide bonds. The van der Waals surface area contributed by atoms with Crippen LogP contribution in [0, 0.1) is 11.8 Å². The van der Waals surface area contributed by atoms with Crippen molar-refractivity contribution in [2.45, 2.75) is 13.3 Å². The van der Waals surface area contributed by atoms with E-state index in [0.29, 0.717) is 4.88 Å². The van der Waals surface area contributed by atoms with Gasteiger partial charge in [-0.3, -0.25) is 4.79 Å². The van der Waals surface area contributed by atoms with E-state index in [1.807, 2.05) is 24.3 Å². The van der Waals surface area contributed by atoms with Gasteiger partial charge in [0.05, 0.1) is 9.75 Å². The maximum atomic E-state index is 12.4. The molecule has 0 aliphatic heterocycles. The second kappa shape index (κ2) is 7.07. The van der Waals surface area contributed by atoms with E-state index in [1.165, 1.54) is 16.9 Å². The average Bonchev–Trinajstić information content (AvgIpc) is 3.00. The molecule has 1 heterocycles. The highest BCUT2D eigenvalue weighted by Gasteiger charge is 2.15. The molecule has 1 aromatic heterocycles. The van der Waals surface area contributed by atoms with Crippen LogP contribution in [-0.4, -0.2) is 24.7 Å². The summed E-state index contributed by atoms with van der Waals surface area (Å²) in [6, 6.07) is 11.5. The number of anilines is 1. The summed E-state index contributed by atoms with van der Waals surface area (Å²) >= 11 is 1.34. The number of hydrogen-bond acceptors (Lipinski definition) is 3. The Bertz CT molecular complexity index is 677. The lowest BCUT2D eigenvalue weighted by molar-refractivity contribution is 0.0997. The van der Waals surface area contributed by atoms with Crippen molar-refractivity contribution in [1.82, 2.24) is 0 Å². The molecule has 0 fully saturated rings. The van der Waals surface area contributed by atoms with Gasteiger partial charge in [-0.25, -0.2) is 0 Å². The fourth-order valence-electron chi connectivity index (χ4n) is 1.88. The van der Waals surface area contributed by atoms with Crippen LogP contribution < -0.4 is 4.90 Å². The molecule has 2 aromatic rings. The van der Waals surface area contributed by atoms with Crippen LogP contribution in [0.2, 0.25) is 0 Å². The molecule has 0 atom stereocenters. The van der Waals surface area contributed by atoms with Crippen molar-refractivity contribution in [3.05, 3.63) is 51.7 Å². The largest absolute Gasteiger partial charge is 0.384 e. The second-order valence-electron chi connectivity index (χ2n) is 4.51. The third kappa shape index (κ3) is 3.72. The Morgan fingerprint density at radius 2 is 1.95 bits per heavy atom. The van der Waals surface area contributed by atoms with Crippen molar-refractivity contribution >= 4 is 22.9 Å². The Hall–Kier alpha value is -2.09.